The van der Waals surface area contributed by atoms with Crippen molar-refractivity contribution in [2.24, 2.45) is 5.41 Å². The minimum atomic E-state index is -1.04. The number of carbonyl (C=O) groups excluding carboxylic acids is 4. The molecule has 14 heteroatoms. The molecule has 0 spiro atoms. The number of aryl methyl sites for hydroxylation is 1. The van der Waals surface area contributed by atoms with E-state index < -0.39 is 47.4 Å². The van der Waals surface area contributed by atoms with Gasteiger partial charge in [0.1, 0.15) is 29.9 Å². The second kappa shape index (κ2) is 14.5. The van der Waals surface area contributed by atoms with E-state index in [1.54, 1.807) is 63.1 Å². The number of benzene rings is 1. The van der Waals surface area contributed by atoms with Gasteiger partial charge >= 0.3 is 5.97 Å². The van der Waals surface area contributed by atoms with Crippen LogP contribution in [0.1, 0.15) is 64.3 Å². The summed E-state index contributed by atoms with van der Waals surface area (Å²) in [6, 6.07) is 10.4. The van der Waals surface area contributed by atoms with Crippen LogP contribution in [0.4, 0.5) is 0 Å². The number of nitrogens with one attached hydrogen (secondary N) is 3. The number of nitrogens with zero attached hydrogens (tertiary/aromatic N) is 6. The van der Waals surface area contributed by atoms with Crippen molar-refractivity contribution in [2.45, 2.75) is 77.7 Å². The Morgan fingerprint density at radius 3 is 2.62 bits per heavy atom. The Morgan fingerprint density at radius 2 is 1.82 bits per heavy atom. The van der Waals surface area contributed by atoms with Gasteiger partial charge in [-0.2, -0.15) is 0 Å². The molecular formula is C36H41N9O5. The van der Waals surface area contributed by atoms with Gasteiger partial charge in [0.05, 0.1) is 23.0 Å². The molecule has 14 nitrogen and oxygen atoms in total. The van der Waals surface area contributed by atoms with Crippen molar-refractivity contribution in [2.75, 3.05) is 6.54 Å². The van der Waals surface area contributed by atoms with E-state index in [-0.39, 0.29) is 18.9 Å². The Kier molecular flexibility index (Phi) is 10.00. The number of cyclic esters (lactones) is 1. The number of ether oxygens (including phenoxy) is 1. The topological polar surface area (TPSA) is 173 Å². The lowest BCUT2D eigenvalue weighted by Crippen LogP contribution is -2.60. The van der Waals surface area contributed by atoms with Crippen LogP contribution in [-0.2, 0) is 30.5 Å². The number of hydrogen-bond acceptors (Lipinski definition) is 10. The van der Waals surface area contributed by atoms with Crippen LogP contribution < -0.4 is 16.1 Å². The third-order valence-corrected chi connectivity index (χ3v) is 8.99. The number of hydrogen-bond donors (Lipinski definition) is 3. The number of pyridine rings is 2. The van der Waals surface area contributed by atoms with Gasteiger partial charge in [-0.25, -0.2) is 5.43 Å². The van der Waals surface area contributed by atoms with Crippen LogP contribution >= 0.6 is 0 Å². The molecule has 1 aromatic carbocycles. The van der Waals surface area contributed by atoms with Crippen molar-refractivity contribution >= 4 is 40.5 Å². The van der Waals surface area contributed by atoms with Crippen molar-refractivity contribution in [3.63, 3.8) is 0 Å². The van der Waals surface area contributed by atoms with Crippen molar-refractivity contribution < 1.29 is 23.9 Å². The first-order chi connectivity index (χ1) is 24.0. The summed E-state index contributed by atoms with van der Waals surface area (Å²) < 4.78 is 7.42. The molecule has 5 bridgehead atoms. The fourth-order valence-electron chi connectivity index (χ4n) is 5.85. The van der Waals surface area contributed by atoms with E-state index in [0.29, 0.717) is 36.5 Å². The summed E-state index contributed by atoms with van der Waals surface area (Å²) in [7, 11) is 0. The predicted molar refractivity (Wildman–Crippen MR) is 184 cm³/mol. The molecule has 1 fully saturated rings. The number of fused-ring (bicyclic) bond motifs is 4. The highest BCUT2D eigenvalue weighted by molar-refractivity contribution is 5.94. The van der Waals surface area contributed by atoms with Crippen LogP contribution in [0, 0.1) is 5.41 Å². The van der Waals surface area contributed by atoms with Gasteiger partial charge in [-0.1, -0.05) is 29.5 Å². The molecule has 5 heterocycles. The highest BCUT2D eigenvalue weighted by atomic mass is 16.5. The first-order valence-electron chi connectivity index (χ1n) is 16.8. The van der Waals surface area contributed by atoms with E-state index in [1.807, 2.05) is 42.5 Å². The molecule has 2 aliphatic rings. The van der Waals surface area contributed by atoms with Gasteiger partial charge in [0.2, 0.25) is 11.8 Å². The summed E-state index contributed by atoms with van der Waals surface area (Å²) in [5.41, 5.74) is 4.63. The average Bonchev–Trinajstić information content (AvgIpc) is 3.60. The second-order valence-corrected chi connectivity index (χ2v) is 13.3. The quantitative estimate of drug-likeness (QED) is 0.272. The van der Waals surface area contributed by atoms with Gasteiger partial charge in [0.25, 0.3) is 5.91 Å². The third-order valence-electron chi connectivity index (χ3n) is 8.99. The Balaban J connectivity index is 1.28. The molecule has 3 aromatic heterocycles. The van der Waals surface area contributed by atoms with Crippen LogP contribution in [0.15, 0.2) is 67.1 Å². The zero-order valence-electron chi connectivity index (χ0n) is 28.5. The Hall–Kier alpha value is -5.50. The van der Waals surface area contributed by atoms with Crippen molar-refractivity contribution in [3.8, 4) is 11.4 Å². The highest BCUT2D eigenvalue weighted by Crippen LogP contribution is 2.26. The standard InChI is InChI=1S/C36H41N9O5/c1-22-33(47)45-16-7-9-30(42-45)34(48)50-23(2)24-10-11-25-20-38-27(19-26(25)18-24)12-14-36(3,4)35(49)40-29(32(46)39-22)13-17-44-21-31(41-43-44)28-8-5-6-15-37-28/h5-6,8,10-12,14-15,18-23,29-30,42H,7,9,13,16-17H2,1-4H3,(H,39,46)(H,40,49)/t22-,23+,29-,30-/m0/s1. The van der Waals surface area contributed by atoms with Crippen LogP contribution in [0.2, 0.25) is 0 Å². The molecule has 4 aromatic rings. The molecule has 0 saturated carbocycles. The largest absolute Gasteiger partial charge is 0.457 e. The maximum atomic E-state index is 13.8. The van der Waals surface area contributed by atoms with Gasteiger partial charge in [-0.15, -0.1) is 5.10 Å². The molecule has 0 unspecified atom stereocenters. The number of hydrazine groups is 1. The predicted octanol–water partition coefficient (Wildman–Crippen LogP) is 3.12. The van der Waals surface area contributed by atoms with Gasteiger partial charge in [-0.3, -0.25) is 38.8 Å². The maximum Gasteiger partial charge on any atom is 0.325 e. The van der Waals surface area contributed by atoms with E-state index in [1.165, 1.54) is 5.01 Å². The number of aromatic nitrogens is 5. The smallest absolute Gasteiger partial charge is 0.325 e. The van der Waals surface area contributed by atoms with Gasteiger partial charge < -0.3 is 15.4 Å². The van der Waals surface area contributed by atoms with E-state index in [4.69, 9.17) is 4.74 Å². The van der Waals surface area contributed by atoms with E-state index in [0.717, 1.165) is 16.3 Å². The average molecular weight is 680 g/mol. The van der Waals surface area contributed by atoms with E-state index in [2.05, 4.69) is 36.3 Å². The fourth-order valence-corrected chi connectivity index (χ4v) is 5.85. The zero-order chi connectivity index (χ0) is 35.4. The van der Waals surface area contributed by atoms with Crippen molar-refractivity contribution in [3.05, 3.63) is 78.4 Å². The minimum absolute atomic E-state index is 0.159. The Labute approximate surface area is 289 Å². The lowest BCUT2D eigenvalue weighted by molar-refractivity contribution is -0.157. The lowest BCUT2D eigenvalue weighted by Gasteiger charge is -2.35. The van der Waals surface area contributed by atoms with Gasteiger partial charge in [-0.05, 0) is 88.2 Å². The zero-order valence-corrected chi connectivity index (χ0v) is 28.5. The number of carbonyl (C=O) groups is 4. The maximum absolute atomic E-state index is 13.8. The summed E-state index contributed by atoms with van der Waals surface area (Å²) in [6.07, 6.45) is 9.31. The molecule has 260 valence electrons. The van der Waals surface area contributed by atoms with E-state index in [9.17, 15) is 19.2 Å². The SMILES string of the molecule is C[C@@H]1NC(=O)[C@H](CCn2cc(-c3ccccn3)nn2)NC(=O)C(C)(C)C=Cc2cc3cc(ccc3cn2)[C@@H](C)OC(=O)[C@@H]2CCCN(N2)C1=O. The molecule has 4 atom stereocenters. The number of rotatable bonds is 4. The monoisotopic (exact) mass is 679 g/mol. The summed E-state index contributed by atoms with van der Waals surface area (Å²) >= 11 is 0. The molecule has 3 N–H and O–H groups in total. The Bertz CT molecular complexity index is 1930. The molecule has 6 rings (SSSR count). The fraction of sp³-hybridized carbons (Fsp3) is 0.389. The van der Waals surface area contributed by atoms with Gasteiger partial charge in [0, 0.05) is 30.9 Å². The molecule has 1 saturated heterocycles. The van der Waals surface area contributed by atoms with Crippen molar-refractivity contribution in [1.82, 2.24) is 46.0 Å². The van der Waals surface area contributed by atoms with Crippen LogP contribution in [0.3, 0.4) is 0 Å². The Morgan fingerprint density at radius 1 is 0.980 bits per heavy atom. The molecule has 0 radical (unpaired) electrons. The number of esters is 1. The van der Waals surface area contributed by atoms with Crippen molar-refractivity contribution in [1.29, 1.82) is 0 Å². The third kappa shape index (κ3) is 7.86. The highest BCUT2D eigenvalue weighted by Gasteiger charge is 2.34. The second-order valence-electron chi connectivity index (χ2n) is 13.3. The molecular weight excluding hydrogens is 638 g/mol. The van der Waals surface area contributed by atoms with Gasteiger partial charge in [0.15, 0.2) is 0 Å². The summed E-state index contributed by atoms with van der Waals surface area (Å²) in [6.45, 7) is 7.47. The normalized spacial score (nSPS) is 23.3. The molecule has 50 heavy (non-hydrogen) atoms. The first kappa shape index (κ1) is 34.4. The lowest BCUT2D eigenvalue weighted by atomic mass is 9.90. The van der Waals surface area contributed by atoms with Crippen LogP contribution in [0.25, 0.3) is 28.2 Å². The first-order valence-corrected chi connectivity index (χ1v) is 16.8. The summed E-state index contributed by atoms with van der Waals surface area (Å²) in [5, 5.41) is 17.2. The summed E-state index contributed by atoms with van der Waals surface area (Å²) in [4.78, 5) is 63.1. The minimum Gasteiger partial charge on any atom is -0.457 e. The van der Waals surface area contributed by atoms with E-state index >= 15 is 0 Å². The molecule has 0 aliphatic carbocycles. The molecule has 3 amide bonds. The van der Waals surface area contributed by atoms with Crippen LogP contribution in [-0.4, -0.2) is 78.3 Å². The van der Waals surface area contributed by atoms with Crippen LogP contribution in [0.5, 0.6) is 0 Å². The molecule has 2 aliphatic heterocycles. The summed E-state index contributed by atoms with van der Waals surface area (Å²) in [5.74, 6) is -1.82. The number of amides is 3.